The molecule has 0 unspecified atom stereocenters. The van der Waals surface area contributed by atoms with Crippen LogP contribution in [0.25, 0.3) is 11.4 Å². The van der Waals surface area contributed by atoms with Crippen LogP contribution in [0.1, 0.15) is 16.9 Å². The van der Waals surface area contributed by atoms with Gasteiger partial charge in [-0.25, -0.2) is 4.68 Å². The maximum absolute atomic E-state index is 12.2. The van der Waals surface area contributed by atoms with Crippen LogP contribution in [0.4, 0.5) is 0 Å². The second kappa shape index (κ2) is 8.65. The van der Waals surface area contributed by atoms with E-state index in [-0.39, 0.29) is 12.6 Å². The summed E-state index contributed by atoms with van der Waals surface area (Å²) in [7, 11) is 0. The van der Waals surface area contributed by atoms with Gasteiger partial charge in [0.25, 0.3) is 5.91 Å². The average Bonchev–Trinajstić information content (AvgIpc) is 3.48. The maximum Gasteiger partial charge on any atom is 0.271 e. The van der Waals surface area contributed by atoms with Crippen LogP contribution in [-0.4, -0.2) is 52.2 Å². The summed E-state index contributed by atoms with van der Waals surface area (Å²) in [6.07, 6.45) is 5.76. The number of amides is 1. The predicted molar refractivity (Wildman–Crippen MR) is 105 cm³/mol. The molecule has 10 nitrogen and oxygen atoms in total. The molecule has 1 amide bonds. The number of hydrogen-bond acceptors (Lipinski definition) is 6. The predicted octanol–water partition coefficient (Wildman–Crippen LogP) is 1.71. The molecule has 4 rings (SSSR count). The zero-order valence-corrected chi connectivity index (χ0v) is 16.1. The lowest BCUT2D eigenvalue weighted by Crippen LogP contribution is -2.26. The van der Waals surface area contributed by atoms with Crippen LogP contribution < -0.4 is 5.32 Å². The van der Waals surface area contributed by atoms with Gasteiger partial charge < -0.3 is 5.32 Å². The van der Waals surface area contributed by atoms with Crippen molar-refractivity contribution in [1.82, 2.24) is 45.1 Å². The molecule has 11 heteroatoms. The normalized spacial score (nSPS) is 10.9. The molecule has 1 aromatic carbocycles. The number of aromatic nitrogens is 8. The van der Waals surface area contributed by atoms with Gasteiger partial charge in [0.05, 0.1) is 11.2 Å². The van der Waals surface area contributed by atoms with Gasteiger partial charge in [0.2, 0.25) is 5.82 Å². The van der Waals surface area contributed by atoms with Crippen LogP contribution in [0.3, 0.4) is 0 Å². The molecule has 3 heterocycles. The first-order valence-corrected chi connectivity index (χ1v) is 9.38. The van der Waals surface area contributed by atoms with Crippen LogP contribution in [-0.2, 0) is 13.2 Å². The van der Waals surface area contributed by atoms with E-state index in [1.807, 2.05) is 30.3 Å². The second-order valence-corrected chi connectivity index (χ2v) is 6.70. The number of halogens is 1. The number of hydrogen-bond donors (Lipinski definition) is 1. The molecule has 29 heavy (non-hydrogen) atoms. The number of benzene rings is 1. The van der Waals surface area contributed by atoms with Crippen LogP contribution >= 0.6 is 11.6 Å². The third kappa shape index (κ3) is 4.85. The molecule has 4 aromatic rings. The lowest BCUT2D eigenvalue weighted by atomic mass is 10.2. The molecular weight excluding hydrogens is 394 g/mol. The molecule has 0 fully saturated rings. The smallest absolute Gasteiger partial charge is 0.271 e. The Morgan fingerprint density at radius 1 is 1.10 bits per heavy atom. The molecule has 0 saturated heterocycles. The summed E-state index contributed by atoms with van der Waals surface area (Å²) in [6, 6.07) is 11.2. The van der Waals surface area contributed by atoms with Gasteiger partial charge in [-0.05, 0) is 17.7 Å². The highest BCUT2D eigenvalue weighted by Gasteiger charge is 2.10. The lowest BCUT2D eigenvalue weighted by molar-refractivity contribution is 0.0946. The molecule has 0 saturated carbocycles. The fourth-order valence-electron chi connectivity index (χ4n) is 2.69. The van der Waals surface area contributed by atoms with Crippen LogP contribution in [0.15, 0.2) is 55.0 Å². The minimum Gasteiger partial charge on any atom is -0.351 e. The van der Waals surface area contributed by atoms with E-state index in [0.29, 0.717) is 29.6 Å². The van der Waals surface area contributed by atoms with E-state index in [9.17, 15) is 4.79 Å². The molecule has 0 bridgehead atoms. The molecule has 1 N–H and O–H groups in total. The van der Waals surface area contributed by atoms with Gasteiger partial charge in [-0.15, -0.1) is 15.0 Å². The minimum atomic E-state index is -0.237. The fourth-order valence-corrected chi connectivity index (χ4v) is 2.85. The number of carbonyl (C=O) groups is 1. The number of aryl methyl sites for hydroxylation is 1. The van der Waals surface area contributed by atoms with Gasteiger partial charge in [-0.1, -0.05) is 41.9 Å². The van der Waals surface area contributed by atoms with Crippen molar-refractivity contribution in [2.45, 2.75) is 19.6 Å². The summed E-state index contributed by atoms with van der Waals surface area (Å²) in [5.41, 5.74) is 1.21. The Morgan fingerprint density at radius 3 is 2.76 bits per heavy atom. The quantitative estimate of drug-likeness (QED) is 0.442. The van der Waals surface area contributed by atoms with E-state index < -0.39 is 0 Å². The van der Waals surface area contributed by atoms with Gasteiger partial charge in [0.15, 0.2) is 6.67 Å². The lowest BCUT2D eigenvalue weighted by Gasteiger charge is -2.04. The van der Waals surface area contributed by atoms with Crippen molar-refractivity contribution in [3.8, 4) is 11.4 Å². The maximum atomic E-state index is 12.2. The Kier molecular flexibility index (Phi) is 5.61. The van der Waals surface area contributed by atoms with Crippen molar-refractivity contribution >= 4 is 17.5 Å². The molecular formula is C18H18ClN9O. The first kappa shape index (κ1) is 18.8. The average molecular weight is 412 g/mol. The standard InChI is InChI=1S/C18H18ClN9O/c19-15-11-21-26(12-15)9-4-8-20-18(29)16-7-10-27(23-16)13-28-24-17(22-25-28)14-5-2-1-3-6-14/h1-3,5-7,10-12H,4,8-9,13H2,(H,20,29). The molecule has 0 spiro atoms. The largest absolute Gasteiger partial charge is 0.351 e. The summed E-state index contributed by atoms with van der Waals surface area (Å²) in [4.78, 5) is 13.7. The monoisotopic (exact) mass is 411 g/mol. The summed E-state index contributed by atoms with van der Waals surface area (Å²) in [5.74, 6) is 0.299. The Morgan fingerprint density at radius 2 is 1.97 bits per heavy atom. The third-order valence-electron chi connectivity index (χ3n) is 4.08. The topological polar surface area (TPSA) is 108 Å². The molecule has 148 valence electrons. The molecule has 0 aliphatic carbocycles. The zero-order chi connectivity index (χ0) is 20.1. The number of rotatable bonds is 8. The van der Waals surface area contributed by atoms with E-state index in [1.165, 1.54) is 4.80 Å². The minimum absolute atomic E-state index is 0.237. The molecule has 0 atom stereocenters. The van der Waals surface area contributed by atoms with E-state index in [0.717, 1.165) is 12.0 Å². The Balaban J connectivity index is 1.28. The van der Waals surface area contributed by atoms with Crippen molar-refractivity contribution in [2.75, 3.05) is 6.54 Å². The molecule has 0 aliphatic rings. The summed E-state index contributed by atoms with van der Waals surface area (Å²) in [5, 5.41) is 24.2. The first-order chi connectivity index (χ1) is 14.2. The second-order valence-electron chi connectivity index (χ2n) is 6.26. The van der Waals surface area contributed by atoms with Crippen molar-refractivity contribution in [3.05, 3.63) is 65.7 Å². The highest BCUT2D eigenvalue weighted by atomic mass is 35.5. The number of nitrogens with zero attached hydrogens (tertiary/aromatic N) is 8. The highest BCUT2D eigenvalue weighted by molar-refractivity contribution is 6.30. The molecule has 3 aromatic heterocycles. The van der Waals surface area contributed by atoms with E-state index in [1.54, 1.807) is 34.0 Å². The summed E-state index contributed by atoms with van der Waals surface area (Å²) < 4.78 is 3.31. The molecule has 0 radical (unpaired) electrons. The van der Waals surface area contributed by atoms with Gasteiger partial charge in [0.1, 0.15) is 5.69 Å². The van der Waals surface area contributed by atoms with Crippen LogP contribution in [0.2, 0.25) is 5.02 Å². The first-order valence-electron chi connectivity index (χ1n) is 9.00. The number of carbonyl (C=O) groups excluding carboxylic acids is 1. The van der Waals surface area contributed by atoms with E-state index >= 15 is 0 Å². The van der Waals surface area contributed by atoms with Crippen LogP contribution in [0, 0.1) is 0 Å². The van der Waals surface area contributed by atoms with Gasteiger partial charge in [0, 0.05) is 31.0 Å². The van der Waals surface area contributed by atoms with Crippen LogP contribution in [0.5, 0.6) is 0 Å². The van der Waals surface area contributed by atoms with Crippen molar-refractivity contribution in [1.29, 1.82) is 0 Å². The summed E-state index contributed by atoms with van der Waals surface area (Å²) in [6.45, 7) is 1.44. The SMILES string of the molecule is O=C(NCCCn1cc(Cl)cn1)c1ccn(Cn2nnc(-c3ccccc3)n2)n1. The van der Waals surface area contributed by atoms with Crippen molar-refractivity contribution in [3.63, 3.8) is 0 Å². The third-order valence-corrected chi connectivity index (χ3v) is 4.28. The molecule has 0 aliphatic heterocycles. The Hall–Kier alpha value is -3.53. The van der Waals surface area contributed by atoms with Gasteiger partial charge in [-0.2, -0.15) is 10.2 Å². The van der Waals surface area contributed by atoms with Crippen molar-refractivity contribution in [2.24, 2.45) is 0 Å². The number of nitrogens with one attached hydrogen (secondary N) is 1. The van der Waals surface area contributed by atoms with Gasteiger partial charge in [-0.3, -0.25) is 9.48 Å². The van der Waals surface area contributed by atoms with Crippen molar-refractivity contribution < 1.29 is 4.79 Å². The Bertz CT molecular complexity index is 1090. The van der Waals surface area contributed by atoms with E-state index in [4.69, 9.17) is 11.6 Å². The van der Waals surface area contributed by atoms with E-state index in [2.05, 4.69) is 30.9 Å². The highest BCUT2D eigenvalue weighted by Crippen LogP contribution is 2.11. The van der Waals surface area contributed by atoms with Gasteiger partial charge >= 0.3 is 0 Å². The fraction of sp³-hybridized carbons (Fsp3) is 0.222. The number of tetrazole rings is 1. The zero-order valence-electron chi connectivity index (χ0n) is 15.4. The summed E-state index contributed by atoms with van der Waals surface area (Å²) >= 11 is 5.82. The Labute approximate surface area is 171 Å².